The lowest BCUT2D eigenvalue weighted by Crippen LogP contribution is -2.46. The minimum Gasteiger partial charge on any atom is -0.349 e. The lowest BCUT2D eigenvalue weighted by atomic mass is 10.0. The standard InChI is InChI=1S/C14H21N3O3S/c1-10-9-12(7-8-16-10)17-14(18)11-3-5-13(6-4-11)21(19,20)15-2/h3-6,10,12,15-16H,7-9H2,1-2H3,(H,17,18). The zero-order valence-electron chi connectivity index (χ0n) is 12.2. The highest BCUT2D eigenvalue weighted by atomic mass is 32.2. The number of hydrogen-bond donors (Lipinski definition) is 3. The maximum Gasteiger partial charge on any atom is 0.251 e. The van der Waals surface area contributed by atoms with Gasteiger partial charge in [0.25, 0.3) is 5.91 Å². The van der Waals surface area contributed by atoms with Gasteiger partial charge in [0.2, 0.25) is 10.0 Å². The van der Waals surface area contributed by atoms with E-state index in [0.717, 1.165) is 19.4 Å². The number of nitrogens with one attached hydrogen (secondary N) is 3. The Morgan fingerprint density at radius 3 is 2.52 bits per heavy atom. The highest BCUT2D eigenvalue weighted by Gasteiger charge is 2.20. The lowest BCUT2D eigenvalue weighted by Gasteiger charge is -2.28. The Kier molecular flexibility index (Phi) is 4.97. The second kappa shape index (κ2) is 6.55. The van der Waals surface area contributed by atoms with Crippen LogP contribution in [0, 0.1) is 0 Å². The van der Waals surface area contributed by atoms with Crippen LogP contribution in [0.2, 0.25) is 0 Å². The topological polar surface area (TPSA) is 87.3 Å². The third kappa shape index (κ3) is 4.03. The number of hydrogen-bond acceptors (Lipinski definition) is 4. The highest BCUT2D eigenvalue weighted by molar-refractivity contribution is 7.89. The van der Waals surface area contributed by atoms with E-state index in [-0.39, 0.29) is 16.8 Å². The second-order valence-corrected chi connectivity index (χ2v) is 7.17. The molecule has 0 radical (unpaired) electrons. The minimum atomic E-state index is -3.47. The number of carbonyl (C=O) groups is 1. The first-order valence-corrected chi connectivity index (χ1v) is 8.48. The molecule has 0 spiro atoms. The minimum absolute atomic E-state index is 0.150. The van der Waals surface area contributed by atoms with E-state index in [2.05, 4.69) is 22.3 Å². The van der Waals surface area contributed by atoms with Gasteiger partial charge < -0.3 is 10.6 Å². The maximum absolute atomic E-state index is 12.2. The van der Waals surface area contributed by atoms with Crippen LogP contribution in [-0.2, 0) is 10.0 Å². The van der Waals surface area contributed by atoms with Gasteiger partial charge in [-0.2, -0.15) is 0 Å². The number of rotatable bonds is 4. The molecule has 0 saturated carbocycles. The summed E-state index contributed by atoms with van der Waals surface area (Å²) >= 11 is 0. The van der Waals surface area contributed by atoms with Crippen LogP contribution in [0.5, 0.6) is 0 Å². The first-order valence-electron chi connectivity index (χ1n) is 7.00. The van der Waals surface area contributed by atoms with Gasteiger partial charge in [0.15, 0.2) is 0 Å². The Balaban J connectivity index is 2.03. The molecule has 1 aromatic rings. The summed E-state index contributed by atoms with van der Waals surface area (Å²) in [5.74, 6) is -0.164. The van der Waals surface area contributed by atoms with E-state index in [0.29, 0.717) is 11.6 Å². The summed E-state index contributed by atoms with van der Waals surface area (Å²) in [6, 6.07) is 6.49. The van der Waals surface area contributed by atoms with Gasteiger partial charge in [-0.3, -0.25) is 4.79 Å². The van der Waals surface area contributed by atoms with Crippen LogP contribution in [0.3, 0.4) is 0 Å². The fourth-order valence-electron chi connectivity index (χ4n) is 2.44. The van der Waals surface area contributed by atoms with E-state index >= 15 is 0 Å². The molecule has 0 aliphatic carbocycles. The van der Waals surface area contributed by atoms with Crippen LogP contribution < -0.4 is 15.4 Å². The molecule has 21 heavy (non-hydrogen) atoms. The average molecular weight is 311 g/mol. The van der Waals surface area contributed by atoms with Crippen molar-refractivity contribution in [3.05, 3.63) is 29.8 Å². The van der Waals surface area contributed by atoms with Gasteiger partial charge in [-0.15, -0.1) is 0 Å². The van der Waals surface area contributed by atoms with Gasteiger partial charge in [-0.25, -0.2) is 13.1 Å². The van der Waals surface area contributed by atoms with Crippen LogP contribution in [0.1, 0.15) is 30.1 Å². The third-order valence-corrected chi connectivity index (χ3v) is 5.08. The van der Waals surface area contributed by atoms with Crippen LogP contribution in [0.15, 0.2) is 29.2 Å². The molecule has 6 nitrogen and oxygen atoms in total. The SMILES string of the molecule is CNS(=O)(=O)c1ccc(C(=O)NC2CCNC(C)C2)cc1. The molecule has 2 unspecified atom stereocenters. The summed E-state index contributed by atoms with van der Waals surface area (Å²) in [4.78, 5) is 12.3. The molecule has 1 aromatic carbocycles. The van der Waals surface area contributed by atoms with Gasteiger partial charge in [-0.1, -0.05) is 0 Å². The first-order chi connectivity index (χ1) is 9.92. The van der Waals surface area contributed by atoms with E-state index < -0.39 is 10.0 Å². The molecule has 2 atom stereocenters. The molecular formula is C14H21N3O3S. The van der Waals surface area contributed by atoms with Crippen LogP contribution in [0.25, 0.3) is 0 Å². The van der Waals surface area contributed by atoms with Crippen LogP contribution >= 0.6 is 0 Å². The quantitative estimate of drug-likeness (QED) is 0.754. The lowest BCUT2D eigenvalue weighted by molar-refractivity contribution is 0.0925. The van der Waals surface area contributed by atoms with Gasteiger partial charge in [-0.05, 0) is 57.6 Å². The molecule has 7 heteroatoms. The largest absolute Gasteiger partial charge is 0.349 e. The van der Waals surface area contributed by atoms with E-state index in [1.165, 1.54) is 31.3 Å². The maximum atomic E-state index is 12.2. The number of carbonyl (C=O) groups excluding carboxylic acids is 1. The molecule has 1 fully saturated rings. The summed E-state index contributed by atoms with van der Waals surface area (Å²) < 4.78 is 25.5. The zero-order chi connectivity index (χ0) is 15.5. The third-order valence-electron chi connectivity index (χ3n) is 3.65. The summed E-state index contributed by atoms with van der Waals surface area (Å²) in [7, 11) is -2.11. The van der Waals surface area contributed by atoms with Gasteiger partial charge >= 0.3 is 0 Å². The van der Waals surface area contributed by atoms with Crippen LogP contribution in [-0.4, -0.2) is 40.0 Å². The summed E-state index contributed by atoms with van der Waals surface area (Å²) in [6.45, 7) is 2.99. The monoisotopic (exact) mass is 311 g/mol. The fourth-order valence-corrected chi connectivity index (χ4v) is 3.17. The smallest absolute Gasteiger partial charge is 0.251 e. The van der Waals surface area contributed by atoms with E-state index in [9.17, 15) is 13.2 Å². The van der Waals surface area contributed by atoms with E-state index in [4.69, 9.17) is 0 Å². The molecule has 1 saturated heterocycles. The van der Waals surface area contributed by atoms with Crippen LogP contribution in [0.4, 0.5) is 0 Å². The van der Waals surface area contributed by atoms with Crippen molar-refractivity contribution in [2.75, 3.05) is 13.6 Å². The first kappa shape index (κ1) is 15.9. The highest BCUT2D eigenvalue weighted by Crippen LogP contribution is 2.12. The molecule has 1 aliphatic heterocycles. The number of sulfonamides is 1. The van der Waals surface area contributed by atoms with Crippen molar-refractivity contribution in [1.82, 2.24) is 15.4 Å². The molecule has 0 bridgehead atoms. The number of benzene rings is 1. The van der Waals surface area contributed by atoms with E-state index in [1.54, 1.807) is 0 Å². The number of amides is 1. The Morgan fingerprint density at radius 1 is 1.29 bits per heavy atom. The van der Waals surface area contributed by atoms with Crippen molar-refractivity contribution in [2.45, 2.75) is 36.7 Å². The molecule has 2 rings (SSSR count). The summed E-state index contributed by atoms with van der Waals surface area (Å²) in [5, 5.41) is 6.32. The van der Waals surface area contributed by atoms with Crippen molar-refractivity contribution in [3.63, 3.8) is 0 Å². The van der Waals surface area contributed by atoms with Crippen molar-refractivity contribution in [3.8, 4) is 0 Å². The average Bonchev–Trinajstić information content (AvgIpc) is 2.47. The van der Waals surface area contributed by atoms with Crippen molar-refractivity contribution < 1.29 is 13.2 Å². The molecule has 1 amide bonds. The second-order valence-electron chi connectivity index (χ2n) is 5.28. The molecule has 0 aromatic heterocycles. The zero-order valence-corrected chi connectivity index (χ0v) is 13.0. The molecular weight excluding hydrogens is 290 g/mol. The van der Waals surface area contributed by atoms with Crippen molar-refractivity contribution in [1.29, 1.82) is 0 Å². The molecule has 1 heterocycles. The Labute approximate surface area is 125 Å². The van der Waals surface area contributed by atoms with E-state index in [1.807, 2.05) is 0 Å². The molecule has 1 aliphatic rings. The van der Waals surface area contributed by atoms with Gasteiger partial charge in [0, 0.05) is 17.6 Å². The van der Waals surface area contributed by atoms with Gasteiger partial charge in [0.05, 0.1) is 4.90 Å². The number of piperidine rings is 1. The molecule has 116 valence electrons. The normalized spacial score (nSPS) is 22.8. The Bertz CT molecular complexity index is 598. The summed E-state index contributed by atoms with van der Waals surface area (Å²) in [5.41, 5.74) is 0.469. The van der Waals surface area contributed by atoms with Crippen molar-refractivity contribution in [2.24, 2.45) is 0 Å². The predicted octanol–water partition coefficient (Wildman–Crippen LogP) is 0.465. The Morgan fingerprint density at radius 2 is 1.95 bits per heavy atom. The predicted molar refractivity (Wildman–Crippen MR) is 80.6 cm³/mol. The van der Waals surface area contributed by atoms with Crippen molar-refractivity contribution >= 4 is 15.9 Å². The fraction of sp³-hybridized carbons (Fsp3) is 0.500. The Hall–Kier alpha value is -1.44. The van der Waals surface area contributed by atoms with Gasteiger partial charge in [0.1, 0.15) is 0 Å². The molecule has 3 N–H and O–H groups in total. The summed E-state index contributed by atoms with van der Waals surface area (Å²) in [6.07, 6.45) is 1.81.